The number of aliphatic hydroxyl groups is 1. The number of esters is 1. The lowest BCUT2D eigenvalue weighted by Gasteiger charge is -2.31. The Kier molecular flexibility index (Phi) is 32.3. The number of cyclic esters (lactones) is 1. The normalized spacial score (nSPS) is 15.6. The predicted molar refractivity (Wildman–Crippen MR) is 362 cm³/mol. The summed E-state index contributed by atoms with van der Waals surface area (Å²) in [5.74, 6) is -2.77. The van der Waals surface area contributed by atoms with Gasteiger partial charge in [-0.1, -0.05) is 54.5 Å². The Balaban J connectivity index is 0.705. The number of amides is 4. The van der Waals surface area contributed by atoms with E-state index in [0.717, 1.165) is 11.1 Å². The third-order valence-electron chi connectivity index (χ3n) is 17.0. The molecule has 29 nitrogen and oxygen atoms in total. The molecule has 0 saturated heterocycles. The monoisotopic (exact) mass is 1400 g/mol. The van der Waals surface area contributed by atoms with Crippen LogP contribution in [0.2, 0.25) is 0 Å². The van der Waals surface area contributed by atoms with E-state index in [1.165, 1.54) is 10.6 Å². The van der Waals surface area contributed by atoms with Crippen LogP contribution in [-0.4, -0.2) is 202 Å². The number of hydrogen-bond donors (Lipinski definition) is 6. The molecule has 30 heteroatoms. The average molecular weight is 1400 g/mol. The summed E-state index contributed by atoms with van der Waals surface area (Å²) in [7, 11) is 0. The first-order valence-electron chi connectivity index (χ1n) is 34.0. The minimum atomic E-state index is -2.04. The van der Waals surface area contributed by atoms with E-state index in [0.29, 0.717) is 201 Å². The molecule has 0 unspecified atom stereocenters. The standard InChI is InChI=1S/C70H93FN10O19/c1-3-70(88)54-42-60-64-52(44-81(60)67(85)53(54)46-99-68(70)86)63-56(17-16-51-47(2)55(71)43-58(77-64)62(51)63)79-69(87)100-45-49-12-14-50(15-13-49)75-65(83)57(11-7-8-19-72)78-66(84)59(41-48-9-5-4-6-10-48)76-61(82)18-21-89-23-25-91-27-29-93-31-33-95-35-37-97-39-40-98-38-36-96-34-32-94-30-28-92-26-24-90-22-20-74-80-73/h4-6,9-10,12-15,42-43,56-57,59,88H,3,7-8,11,16-41,44-46,72H2,1-2H3,(H,75,83)(H,76,82)(H,78,84)(H,79,87)/t56-,57-,59-,70-/m0/s1. The molecule has 5 aromatic rings. The summed E-state index contributed by atoms with van der Waals surface area (Å²) in [4.78, 5) is 89.6. The summed E-state index contributed by atoms with van der Waals surface area (Å²) in [6.45, 7) is 11.3. The Hall–Kier alpha value is -8.07. The Morgan fingerprint density at radius 2 is 1.32 bits per heavy atom. The third-order valence-corrected chi connectivity index (χ3v) is 17.0. The van der Waals surface area contributed by atoms with Crippen molar-refractivity contribution >= 4 is 46.4 Å². The lowest BCUT2D eigenvalue weighted by Crippen LogP contribution is -2.53. The summed E-state index contributed by atoms with van der Waals surface area (Å²) >= 11 is 0. The lowest BCUT2D eigenvalue weighted by atomic mass is 9.81. The number of alkyl carbamates (subject to hydrolysis) is 1. The van der Waals surface area contributed by atoms with Crippen LogP contribution in [0.4, 0.5) is 14.9 Å². The van der Waals surface area contributed by atoms with Crippen molar-refractivity contribution in [1.82, 2.24) is 25.5 Å². The number of benzene rings is 3. The highest BCUT2D eigenvalue weighted by Crippen LogP contribution is 2.46. The predicted octanol–water partition coefficient (Wildman–Crippen LogP) is 5.59. The van der Waals surface area contributed by atoms with Crippen LogP contribution in [0, 0.1) is 12.7 Å². The summed E-state index contributed by atoms with van der Waals surface area (Å²) in [5, 5.41) is 27.1. The number of azide groups is 1. The van der Waals surface area contributed by atoms with Crippen LogP contribution in [-0.2, 0) is 114 Å². The first kappa shape index (κ1) is 77.7. The molecule has 2 aromatic heterocycles. The zero-order valence-corrected chi connectivity index (χ0v) is 56.9. The van der Waals surface area contributed by atoms with Crippen molar-refractivity contribution in [3.63, 3.8) is 0 Å². The number of carbonyl (C=O) groups is 5. The minimum Gasteiger partial charge on any atom is -0.458 e. The van der Waals surface area contributed by atoms with Crippen molar-refractivity contribution in [3.8, 4) is 11.4 Å². The van der Waals surface area contributed by atoms with Crippen molar-refractivity contribution < 1.29 is 90.3 Å². The van der Waals surface area contributed by atoms with Crippen LogP contribution in [0.25, 0.3) is 32.7 Å². The van der Waals surface area contributed by atoms with Gasteiger partial charge in [-0.2, -0.15) is 0 Å². The van der Waals surface area contributed by atoms with Gasteiger partial charge in [0.2, 0.25) is 17.7 Å². The summed E-state index contributed by atoms with van der Waals surface area (Å²) in [6, 6.07) is 16.1. The highest BCUT2D eigenvalue weighted by molar-refractivity contribution is 5.99. The van der Waals surface area contributed by atoms with E-state index in [1.54, 1.807) is 44.2 Å². The number of nitrogens with one attached hydrogen (secondary N) is 4. The van der Waals surface area contributed by atoms with E-state index in [-0.39, 0.29) is 76.4 Å². The van der Waals surface area contributed by atoms with E-state index in [9.17, 15) is 33.9 Å². The highest BCUT2D eigenvalue weighted by atomic mass is 19.1. The SMILES string of the molecule is CC[C@@]1(O)C(=O)OCc2c1cc1n(c2=O)Cc2c-1nc1cc(F)c(C)c3c1c2[C@@H](NC(=O)OCc1ccc(NC(=O)[C@H](CCCCN)NC(=O)[C@H](Cc2ccccc2)NC(=O)CCOCCOCCOCCOCCOCCOCCOCCOCCOCCOCCN=[N+]=[N-])cc1)CC3. The average Bonchev–Trinajstić information content (AvgIpc) is 1.49. The van der Waals surface area contributed by atoms with E-state index in [4.69, 9.17) is 73.1 Å². The van der Waals surface area contributed by atoms with Gasteiger partial charge in [-0.15, -0.1) is 0 Å². The fourth-order valence-electron chi connectivity index (χ4n) is 11.7. The molecule has 3 aromatic carbocycles. The van der Waals surface area contributed by atoms with Crippen molar-refractivity contribution in [3.05, 3.63) is 138 Å². The maximum Gasteiger partial charge on any atom is 0.407 e. The molecule has 8 rings (SSSR count). The number of carbonyl (C=O) groups excluding carboxylic acids is 5. The van der Waals surface area contributed by atoms with Crippen molar-refractivity contribution in [2.24, 2.45) is 10.8 Å². The number of ether oxygens (including phenoxy) is 12. The summed E-state index contributed by atoms with van der Waals surface area (Å²) in [6.07, 6.45) is 1.54. The molecule has 0 bridgehead atoms. The molecule has 3 aliphatic rings. The number of nitrogens with two attached hydrogens (primary N) is 1. The number of aromatic nitrogens is 2. The van der Waals surface area contributed by atoms with E-state index >= 15 is 4.39 Å². The zero-order chi connectivity index (χ0) is 70.9. The van der Waals surface area contributed by atoms with Crippen LogP contribution < -0.4 is 32.6 Å². The zero-order valence-electron chi connectivity index (χ0n) is 56.9. The van der Waals surface area contributed by atoms with Gasteiger partial charge in [-0.25, -0.2) is 19.0 Å². The summed E-state index contributed by atoms with van der Waals surface area (Å²) < 4.78 is 83.0. The Labute approximate surface area is 579 Å². The first-order chi connectivity index (χ1) is 48.7. The Bertz CT molecular complexity index is 3580. The van der Waals surface area contributed by atoms with Crippen LogP contribution >= 0.6 is 0 Å². The molecule has 2 aliphatic heterocycles. The van der Waals surface area contributed by atoms with Crippen LogP contribution in [0.5, 0.6) is 0 Å². The second-order valence-electron chi connectivity index (χ2n) is 23.8. The smallest absolute Gasteiger partial charge is 0.407 e. The molecular weight excluding hydrogens is 1300 g/mol. The molecule has 4 atom stereocenters. The number of pyridine rings is 2. The van der Waals surface area contributed by atoms with Crippen LogP contribution in [0.3, 0.4) is 0 Å². The van der Waals surface area contributed by atoms with E-state index < -0.39 is 64.9 Å². The molecule has 100 heavy (non-hydrogen) atoms. The third kappa shape index (κ3) is 23.0. The maximum atomic E-state index is 15.5. The number of rotatable bonds is 48. The molecule has 4 heterocycles. The van der Waals surface area contributed by atoms with Gasteiger partial charge in [-0.3, -0.25) is 19.2 Å². The molecule has 0 radical (unpaired) electrons. The molecule has 7 N–H and O–H groups in total. The van der Waals surface area contributed by atoms with Gasteiger partial charge in [0.15, 0.2) is 5.60 Å². The molecule has 1 aliphatic carbocycles. The summed E-state index contributed by atoms with van der Waals surface area (Å²) in [5.41, 5.74) is 17.2. The number of fused-ring (bicyclic) bond motifs is 5. The largest absolute Gasteiger partial charge is 0.458 e. The van der Waals surface area contributed by atoms with E-state index in [2.05, 4.69) is 31.3 Å². The Morgan fingerprint density at radius 3 is 1.89 bits per heavy atom. The second-order valence-corrected chi connectivity index (χ2v) is 23.8. The lowest BCUT2D eigenvalue weighted by molar-refractivity contribution is -0.172. The van der Waals surface area contributed by atoms with Crippen molar-refractivity contribution in [2.75, 3.05) is 151 Å². The van der Waals surface area contributed by atoms with Gasteiger partial charge in [0, 0.05) is 52.6 Å². The fourth-order valence-corrected chi connectivity index (χ4v) is 11.7. The second kappa shape index (κ2) is 41.6. The fraction of sp³-hybridized carbons (Fsp3) is 0.557. The number of anilines is 1. The van der Waals surface area contributed by atoms with Crippen molar-refractivity contribution in [1.29, 1.82) is 0 Å². The van der Waals surface area contributed by atoms with Crippen molar-refractivity contribution in [2.45, 2.75) is 109 Å². The van der Waals surface area contributed by atoms with Crippen LogP contribution in [0.15, 0.2) is 76.6 Å². The number of hydrogen-bond acceptors (Lipinski definition) is 22. The van der Waals surface area contributed by atoms with Gasteiger partial charge < -0.3 is 93.5 Å². The number of unbranched alkanes of at least 4 members (excludes halogenated alkanes) is 1. The van der Waals surface area contributed by atoms with Gasteiger partial charge in [-0.05, 0) is 104 Å². The van der Waals surface area contributed by atoms with E-state index in [1.807, 2.05) is 30.3 Å². The molecule has 0 spiro atoms. The minimum absolute atomic E-state index is 0.0344. The molecule has 0 saturated carbocycles. The van der Waals surface area contributed by atoms with Gasteiger partial charge in [0.1, 0.15) is 31.1 Å². The number of aryl methyl sites for hydroxylation is 1. The quantitative estimate of drug-likeness (QED) is 0.00891. The molecule has 544 valence electrons. The van der Waals surface area contributed by atoms with Gasteiger partial charge in [0.05, 0.1) is 167 Å². The Morgan fingerprint density at radius 1 is 0.740 bits per heavy atom. The molecule has 0 fully saturated rings. The number of nitrogens with zero attached hydrogens (tertiary/aromatic N) is 5. The van der Waals surface area contributed by atoms with Gasteiger partial charge in [0.25, 0.3) is 5.56 Å². The molecular formula is C70H93FN10O19. The number of halogens is 1. The first-order valence-corrected chi connectivity index (χ1v) is 34.0. The molecule has 4 amide bonds. The maximum absolute atomic E-state index is 15.5. The van der Waals surface area contributed by atoms with Crippen LogP contribution in [0.1, 0.15) is 96.0 Å². The van der Waals surface area contributed by atoms with Gasteiger partial charge >= 0.3 is 12.1 Å². The topological polar surface area (TPSA) is 374 Å². The highest BCUT2D eigenvalue weighted by Gasteiger charge is 2.46.